The Morgan fingerprint density at radius 3 is 3.07 bits per heavy atom. The largest absolute Gasteiger partial charge is 0.368 e. The number of likely N-dealkylation sites (tertiary alicyclic amines) is 1. The highest BCUT2D eigenvalue weighted by Crippen LogP contribution is 2.21. The van der Waals surface area contributed by atoms with Crippen molar-refractivity contribution in [3.05, 3.63) is 16.4 Å². The molecular formula is C8H10BrN3O2. The first-order chi connectivity index (χ1) is 6.66. The number of nitrogens with zero attached hydrogens (tertiary/aromatic N) is 2. The monoisotopic (exact) mass is 259 g/mol. The number of primary amides is 1. The molecule has 76 valence electrons. The van der Waals surface area contributed by atoms with Crippen LogP contribution in [0.1, 0.15) is 12.2 Å². The van der Waals surface area contributed by atoms with Crippen LogP contribution in [0, 0.1) is 0 Å². The molecule has 2 N–H and O–H groups in total. The van der Waals surface area contributed by atoms with Gasteiger partial charge in [0.2, 0.25) is 5.91 Å². The Morgan fingerprint density at radius 2 is 2.64 bits per heavy atom. The first-order valence-electron chi connectivity index (χ1n) is 4.31. The summed E-state index contributed by atoms with van der Waals surface area (Å²) in [5.74, 6) is 0.470. The maximum atomic E-state index is 10.9. The average Bonchev–Trinajstić information content (AvgIpc) is 2.44. The second-order valence-corrected chi connectivity index (χ2v) is 4.11. The van der Waals surface area contributed by atoms with Crippen molar-refractivity contribution in [1.82, 2.24) is 10.1 Å². The highest BCUT2D eigenvalue weighted by Gasteiger charge is 2.32. The summed E-state index contributed by atoms with van der Waals surface area (Å²) in [6.45, 7) is 1.47. The van der Waals surface area contributed by atoms with E-state index in [-0.39, 0.29) is 11.9 Å². The third-order valence-electron chi connectivity index (χ3n) is 2.35. The lowest BCUT2D eigenvalue weighted by molar-refractivity contribution is -0.128. The van der Waals surface area contributed by atoms with Gasteiger partial charge >= 0.3 is 0 Å². The topological polar surface area (TPSA) is 72.4 Å². The summed E-state index contributed by atoms with van der Waals surface area (Å²) in [6.07, 6.45) is 0.838. The molecule has 1 fully saturated rings. The predicted molar refractivity (Wildman–Crippen MR) is 52.2 cm³/mol. The molecule has 1 unspecified atom stereocenters. The zero-order valence-corrected chi connectivity index (χ0v) is 9.03. The van der Waals surface area contributed by atoms with E-state index < -0.39 is 0 Å². The summed E-state index contributed by atoms with van der Waals surface area (Å²) in [5, 5.41) is 3.70. The number of amides is 1. The van der Waals surface area contributed by atoms with E-state index in [2.05, 4.69) is 21.1 Å². The van der Waals surface area contributed by atoms with Gasteiger partial charge in [-0.3, -0.25) is 9.69 Å². The van der Waals surface area contributed by atoms with E-state index in [4.69, 9.17) is 10.3 Å². The first kappa shape index (κ1) is 9.67. The molecule has 0 spiro atoms. The Morgan fingerprint density at radius 1 is 1.86 bits per heavy atom. The molecule has 14 heavy (non-hydrogen) atoms. The molecule has 1 atom stereocenters. The molecule has 1 aromatic rings. The normalized spacial score (nSPS) is 21.9. The minimum atomic E-state index is -0.269. The van der Waals surface area contributed by atoms with Crippen LogP contribution >= 0.6 is 15.9 Å². The van der Waals surface area contributed by atoms with Gasteiger partial charge in [-0.05, 0) is 22.4 Å². The van der Waals surface area contributed by atoms with Crippen LogP contribution < -0.4 is 5.73 Å². The Hall–Kier alpha value is -0.880. The lowest BCUT2D eigenvalue weighted by Gasteiger charge is -2.37. The van der Waals surface area contributed by atoms with Gasteiger partial charge in [-0.25, -0.2) is 0 Å². The number of aromatic nitrogens is 1. The van der Waals surface area contributed by atoms with Crippen molar-refractivity contribution in [2.45, 2.75) is 19.0 Å². The van der Waals surface area contributed by atoms with Crippen molar-refractivity contribution in [2.24, 2.45) is 5.73 Å². The minimum absolute atomic E-state index is 0.140. The molecule has 1 aromatic heterocycles. The fraction of sp³-hybridized carbons (Fsp3) is 0.500. The van der Waals surface area contributed by atoms with E-state index >= 15 is 0 Å². The van der Waals surface area contributed by atoms with Gasteiger partial charge in [-0.2, -0.15) is 0 Å². The molecule has 0 aliphatic carbocycles. The first-order valence-corrected chi connectivity index (χ1v) is 5.10. The van der Waals surface area contributed by atoms with Crippen molar-refractivity contribution in [3.63, 3.8) is 0 Å². The van der Waals surface area contributed by atoms with Crippen LogP contribution in [0.2, 0.25) is 0 Å². The molecule has 0 radical (unpaired) electrons. The summed E-state index contributed by atoms with van der Waals surface area (Å²) in [5.41, 5.74) is 5.21. The van der Waals surface area contributed by atoms with E-state index in [1.165, 1.54) is 0 Å². The summed E-state index contributed by atoms with van der Waals surface area (Å²) < 4.78 is 5.68. The van der Waals surface area contributed by atoms with E-state index in [0.717, 1.165) is 18.7 Å². The molecule has 5 nitrogen and oxygen atoms in total. The SMILES string of the molecule is NC(=O)C1CCN1Cc1cc(Br)no1. The second-order valence-electron chi connectivity index (χ2n) is 3.29. The van der Waals surface area contributed by atoms with Gasteiger partial charge in [-0.1, -0.05) is 5.16 Å². The number of carbonyl (C=O) groups excluding carboxylic acids is 1. The quantitative estimate of drug-likeness (QED) is 0.858. The fourth-order valence-corrected chi connectivity index (χ4v) is 1.84. The summed E-state index contributed by atoms with van der Waals surface area (Å²) in [4.78, 5) is 12.9. The van der Waals surface area contributed by atoms with Crippen LogP contribution in [0.5, 0.6) is 0 Å². The van der Waals surface area contributed by atoms with Crippen LogP contribution in [-0.4, -0.2) is 28.6 Å². The molecule has 6 heteroatoms. The third kappa shape index (κ3) is 1.80. The smallest absolute Gasteiger partial charge is 0.234 e. The molecular weight excluding hydrogens is 250 g/mol. The molecule has 1 amide bonds. The maximum absolute atomic E-state index is 10.9. The molecule has 1 saturated heterocycles. The van der Waals surface area contributed by atoms with Gasteiger partial charge in [0.25, 0.3) is 0 Å². The van der Waals surface area contributed by atoms with E-state index in [1.807, 2.05) is 4.90 Å². The van der Waals surface area contributed by atoms with Crippen LogP contribution in [0.15, 0.2) is 15.2 Å². The number of halogens is 1. The molecule has 1 aliphatic rings. The van der Waals surface area contributed by atoms with Gasteiger partial charge in [-0.15, -0.1) is 0 Å². The zero-order chi connectivity index (χ0) is 10.1. The summed E-state index contributed by atoms with van der Waals surface area (Å²) in [6, 6.07) is 1.65. The highest BCUT2D eigenvalue weighted by atomic mass is 79.9. The Balaban J connectivity index is 1.95. The standard InChI is InChI=1S/C8H10BrN3O2/c9-7-3-5(14-11-7)4-12-2-1-6(12)8(10)13/h3,6H,1-2,4H2,(H2,10,13). The van der Waals surface area contributed by atoms with E-state index in [9.17, 15) is 4.79 Å². The van der Waals surface area contributed by atoms with Crippen molar-refractivity contribution in [1.29, 1.82) is 0 Å². The van der Waals surface area contributed by atoms with Crippen molar-refractivity contribution >= 4 is 21.8 Å². The van der Waals surface area contributed by atoms with Crippen LogP contribution in [-0.2, 0) is 11.3 Å². The van der Waals surface area contributed by atoms with E-state index in [0.29, 0.717) is 11.1 Å². The molecule has 0 bridgehead atoms. The fourth-order valence-electron chi connectivity index (χ4n) is 1.51. The third-order valence-corrected chi connectivity index (χ3v) is 2.72. The van der Waals surface area contributed by atoms with E-state index in [1.54, 1.807) is 6.07 Å². The molecule has 2 heterocycles. The van der Waals surface area contributed by atoms with Crippen molar-refractivity contribution in [3.8, 4) is 0 Å². The number of nitrogens with two attached hydrogens (primary N) is 1. The lowest BCUT2D eigenvalue weighted by Crippen LogP contribution is -2.54. The van der Waals surface area contributed by atoms with Crippen molar-refractivity contribution in [2.75, 3.05) is 6.54 Å². The molecule has 2 rings (SSSR count). The summed E-state index contributed by atoms with van der Waals surface area (Å²) >= 11 is 3.19. The lowest BCUT2D eigenvalue weighted by atomic mass is 10.0. The second kappa shape index (κ2) is 3.70. The molecule has 0 aromatic carbocycles. The maximum Gasteiger partial charge on any atom is 0.234 e. The Bertz CT molecular complexity index is 352. The summed E-state index contributed by atoms with van der Waals surface area (Å²) in [7, 11) is 0. The Kier molecular flexibility index (Phi) is 2.56. The van der Waals surface area contributed by atoms with Gasteiger partial charge < -0.3 is 10.3 Å². The number of hydrogen-bond acceptors (Lipinski definition) is 4. The predicted octanol–water partition coefficient (Wildman–Crippen LogP) is 0.497. The number of carbonyl (C=O) groups is 1. The minimum Gasteiger partial charge on any atom is -0.368 e. The van der Waals surface area contributed by atoms with Crippen molar-refractivity contribution < 1.29 is 9.32 Å². The average molecular weight is 260 g/mol. The Labute approximate surface area is 89.3 Å². The number of rotatable bonds is 3. The van der Waals surface area contributed by atoms with Gasteiger partial charge in [0.05, 0.1) is 12.6 Å². The van der Waals surface area contributed by atoms with Gasteiger partial charge in [0.15, 0.2) is 5.76 Å². The molecule has 1 aliphatic heterocycles. The molecule has 0 saturated carbocycles. The van der Waals surface area contributed by atoms with Gasteiger partial charge in [0, 0.05) is 12.6 Å². The highest BCUT2D eigenvalue weighted by molar-refractivity contribution is 9.10. The van der Waals surface area contributed by atoms with Crippen LogP contribution in [0.3, 0.4) is 0 Å². The van der Waals surface area contributed by atoms with Crippen LogP contribution in [0.4, 0.5) is 0 Å². The van der Waals surface area contributed by atoms with Gasteiger partial charge in [0.1, 0.15) is 4.60 Å². The zero-order valence-electron chi connectivity index (χ0n) is 7.44. The number of hydrogen-bond donors (Lipinski definition) is 1. The van der Waals surface area contributed by atoms with Crippen LogP contribution in [0.25, 0.3) is 0 Å².